The van der Waals surface area contributed by atoms with Gasteiger partial charge in [-0.05, 0) is 98.7 Å². The molecule has 1 unspecified atom stereocenters. The maximum Gasteiger partial charge on any atom is 0.341 e. The lowest BCUT2D eigenvalue weighted by Crippen LogP contribution is -2.30. The van der Waals surface area contributed by atoms with Crippen LogP contribution in [-0.4, -0.2) is 35.5 Å². The second-order valence-electron chi connectivity index (χ2n) is 11.8. The predicted octanol–water partition coefficient (Wildman–Crippen LogP) is 9.16. The number of benzene rings is 3. The molecule has 3 amide bonds. The van der Waals surface area contributed by atoms with Crippen LogP contribution in [-0.2, 0) is 27.2 Å². The minimum atomic E-state index is -0.518. The fourth-order valence-corrected chi connectivity index (χ4v) is 8.04. The van der Waals surface area contributed by atoms with Gasteiger partial charge in [0.1, 0.15) is 10.7 Å². The van der Waals surface area contributed by atoms with Crippen molar-refractivity contribution in [2.75, 3.05) is 17.2 Å². The first-order chi connectivity index (χ1) is 24.2. The molecule has 4 aromatic rings. The van der Waals surface area contributed by atoms with Crippen LogP contribution in [0.4, 0.5) is 10.7 Å². The summed E-state index contributed by atoms with van der Waals surface area (Å²) < 4.78 is 5.42. The van der Waals surface area contributed by atoms with Gasteiger partial charge in [0.25, 0.3) is 11.8 Å². The molecule has 0 spiro atoms. The number of carbonyl (C=O) groups excluding carboxylic acids is 4. The van der Waals surface area contributed by atoms with Gasteiger partial charge in [-0.15, -0.1) is 23.1 Å². The Morgan fingerprint density at radius 2 is 1.64 bits per heavy atom. The summed E-state index contributed by atoms with van der Waals surface area (Å²) in [7, 11) is 0. The smallest absolute Gasteiger partial charge is 0.341 e. The molecule has 8 nitrogen and oxygen atoms in total. The van der Waals surface area contributed by atoms with Crippen molar-refractivity contribution in [1.29, 1.82) is 0 Å². The van der Waals surface area contributed by atoms with Crippen molar-refractivity contribution in [3.05, 3.63) is 117 Å². The first-order valence-electron chi connectivity index (χ1n) is 16.8. The van der Waals surface area contributed by atoms with Gasteiger partial charge in [0.2, 0.25) is 5.91 Å². The van der Waals surface area contributed by atoms with E-state index in [9.17, 15) is 19.2 Å². The van der Waals surface area contributed by atoms with Crippen molar-refractivity contribution in [2.24, 2.45) is 0 Å². The zero-order valence-electron chi connectivity index (χ0n) is 28.1. The Kier molecular flexibility index (Phi) is 13.3. The summed E-state index contributed by atoms with van der Waals surface area (Å²) in [4.78, 5) is 55.3. The SMILES string of the molecule is CCOC(=O)c1c(NC(=O)C(CC)Sc2cccc(NC(=O)/C(=C\c3ccc(Cl)cc3)NC(=O)c3ccccc3)c2)sc2c1CCCCCC2. The molecule has 0 fully saturated rings. The number of thiophene rings is 1. The molecule has 0 bridgehead atoms. The summed E-state index contributed by atoms with van der Waals surface area (Å²) in [5.41, 5.74) is 3.14. The number of ether oxygens (including phenoxy) is 1. The molecule has 1 aromatic heterocycles. The number of fused-ring (bicyclic) bond motifs is 1. The molecular weight excluding hydrogens is 690 g/mol. The highest BCUT2D eigenvalue weighted by Crippen LogP contribution is 2.38. The third kappa shape index (κ3) is 9.87. The standard InChI is InChI=1S/C39H40ClN3O5S2/c1-3-32(37(46)43-38-34(39(47)48-4-2)30-17-10-5-6-11-18-33(30)50-38)49-29-16-12-15-28(24-29)41-36(45)31(23-25-19-21-27(40)22-20-25)42-35(44)26-13-8-7-9-14-26/h7-9,12-16,19-24,32H,3-6,10-11,17-18H2,1-2H3,(H,41,45)(H,42,44)(H,43,46)/b31-23+. The molecule has 0 aliphatic heterocycles. The van der Waals surface area contributed by atoms with Crippen LogP contribution < -0.4 is 16.0 Å². The summed E-state index contributed by atoms with van der Waals surface area (Å²) in [6.45, 7) is 3.98. The number of carbonyl (C=O) groups is 4. The Labute approximate surface area is 306 Å². The first-order valence-corrected chi connectivity index (χ1v) is 18.9. The highest BCUT2D eigenvalue weighted by atomic mass is 35.5. The number of hydrogen-bond acceptors (Lipinski definition) is 7. The number of rotatable bonds is 12. The average molecular weight is 730 g/mol. The number of thioether (sulfide) groups is 1. The largest absolute Gasteiger partial charge is 0.462 e. The lowest BCUT2D eigenvalue weighted by Gasteiger charge is -2.16. The molecule has 50 heavy (non-hydrogen) atoms. The van der Waals surface area contributed by atoms with Gasteiger partial charge >= 0.3 is 5.97 Å². The van der Waals surface area contributed by atoms with Crippen LogP contribution in [0.25, 0.3) is 6.08 Å². The Morgan fingerprint density at radius 1 is 0.900 bits per heavy atom. The van der Waals surface area contributed by atoms with Gasteiger partial charge < -0.3 is 20.7 Å². The zero-order chi connectivity index (χ0) is 35.5. The van der Waals surface area contributed by atoms with E-state index in [1.165, 1.54) is 23.1 Å². The highest BCUT2D eigenvalue weighted by Gasteiger charge is 2.28. The molecular formula is C39H40ClN3O5S2. The van der Waals surface area contributed by atoms with Gasteiger partial charge in [0.05, 0.1) is 17.4 Å². The topological polar surface area (TPSA) is 114 Å². The molecule has 1 aliphatic carbocycles. The van der Waals surface area contributed by atoms with Crippen LogP contribution in [0.1, 0.15) is 82.7 Å². The highest BCUT2D eigenvalue weighted by molar-refractivity contribution is 8.00. The molecule has 3 aromatic carbocycles. The Morgan fingerprint density at radius 3 is 2.36 bits per heavy atom. The van der Waals surface area contributed by atoms with E-state index in [0.717, 1.165) is 53.9 Å². The van der Waals surface area contributed by atoms with Crippen molar-refractivity contribution in [3.63, 3.8) is 0 Å². The molecule has 11 heteroatoms. The second kappa shape index (κ2) is 18.0. The molecule has 0 saturated carbocycles. The van der Waals surface area contributed by atoms with E-state index in [4.69, 9.17) is 16.3 Å². The molecule has 260 valence electrons. The van der Waals surface area contributed by atoms with Crippen molar-refractivity contribution in [1.82, 2.24) is 5.32 Å². The molecule has 0 radical (unpaired) electrons. The van der Waals surface area contributed by atoms with Crippen molar-refractivity contribution in [3.8, 4) is 0 Å². The van der Waals surface area contributed by atoms with E-state index < -0.39 is 23.0 Å². The van der Waals surface area contributed by atoms with E-state index >= 15 is 0 Å². The van der Waals surface area contributed by atoms with E-state index in [2.05, 4.69) is 16.0 Å². The van der Waals surface area contributed by atoms with Crippen LogP contribution in [0.2, 0.25) is 5.02 Å². The number of halogens is 1. The minimum Gasteiger partial charge on any atom is -0.462 e. The minimum absolute atomic E-state index is 0.0486. The third-order valence-electron chi connectivity index (χ3n) is 8.13. The Balaban J connectivity index is 1.32. The number of aryl methyl sites for hydroxylation is 1. The number of amides is 3. The Bertz CT molecular complexity index is 1860. The fraction of sp³-hybridized carbons (Fsp3) is 0.282. The molecule has 1 atom stereocenters. The van der Waals surface area contributed by atoms with E-state index in [1.807, 2.05) is 19.1 Å². The van der Waals surface area contributed by atoms with E-state index in [1.54, 1.807) is 79.7 Å². The summed E-state index contributed by atoms with van der Waals surface area (Å²) in [5, 5.41) is 9.34. The van der Waals surface area contributed by atoms with E-state index in [0.29, 0.717) is 38.8 Å². The lowest BCUT2D eigenvalue weighted by molar-refractivity contribution is -0.116. The van der Waals surface area contributed by atoms with Crippen molar-refractivity contribution in [2.45, 2.75) is 68.9 Å². The normalized spacial score (nSPS) is 13.6. The van der Waals surface area contributed by atoms with Gasteiger partial charge in [-0.1, -0.05) is 67.8 Å². The Hall–Kier alpha value is -4.38. The van der Waals surface area contributed by atoms with Gasteiger partial charge in [-0.3, -0.25) is 14.4 Å². The van der Waals surface area contributed by atoms with Crippen LogP contribution in [0.5, 0.6) is 0 Å². The van der Waals surface area contributed by atoms with Crippen LogP contribution in [0.15, 0.2) is 89.5 Å². The van der Waals surface area contributed by atoms with Gasteiger partial charge in [0.15, 0.2) is 0 Å². The van der Waals surface area contributed by atoms with Crippen LogP contribution in [0, 0.1) is 0 Å². The number of hydrogen-bond donors (Lipinski definition) is 3. The predicted molar refractivity (Wildman–Crippen MR) is 203 cm³/mol. The summed E-state index contributed by atoms with van der Waals surface area (Å²) in [6, 6.07) is 22.8. The molecule has 5 rings (SSSR count). The third-order valence-corrected chi connectivity index (χ3v) is 10.9. The fourth-order valence-electron chi connectivity index (χ4n) is 5.62. The maximum atomic E-state index is 13.7. The quantitative estimate of drug-likeness (QED) is 0.0762. The zero-order valence-corrected chi connectivity index (χ0v) is 30.4. The number of nitrogens with one attached hydrogen (secondary N) is 3. The van der Waals surface area contributed by atoms with Crippen LogP contribution >= 0.6 is 34.7 Å². The summed E-state index contributed by atoms with van der Waals surface area (Å²) >= 11 is 8.91. The van der Waals surface area contributed by atoms with E-state index in [-0.39, 0.29) is 18.2 Å². The summed E-state index contributed by atoms with van der Waals surface area (Å²) in [6.07, 6.45) is 8.14. The van der Waals surface area contributed by atoms with Crippen molar-refractivity contribution < 1.29 is 23.9 Å². The maximum absolute atomic E-state index is 13.7. The van der Waals surface area contributed by atoms with Gasteiger partial charge in [0, 0.05) is 26.0 Å². The van der Waals surface area contributed by atoms with Crippen LogP contribution in [0.3, 0.4) is 0 Å². The van der Waals surface area contributed by atoms with Gasteiger partial charge in [-0.25, -0.2) is 4.79 Å². The average Bonchev–Trinajstić information content (AvgIpc) is 3.43. The number of anilines is 2. The first kappa shape index (κ1) is 36.9. The van der Waals surface area contributed by atoms with Crippen molar-refractivity contribution >= 4 is 75.2 Å². The molecule has 3 N–H and O–H groups in total. The number of esters is 1. The monoisotopic (exact) mass is 729 g/mol. The second-order valence-corrected chi connectivity index (χ2v) is 14.6. The summed E-state index contributed by atoms with van der Waals surface area (Å²) in [5.74, 6) is -1.54. The lowest BCUT2D eigenvalue weighted by atomic mass is 9.96. The molecule has 0 saturated heterocycles. The van der Waals surface area contributed by atoms with Gasteiger partial charge in [-0.2, -0.15) is 0 Å². The molecule has 1 aliphatic rings. The molecule has 1 heterocycles.